The summed E-state index contributed by atoms with van der Waals surface area (Å²) in [6.07, 6.45) is 1.87. The van der Waals surface area contributed by atoms with Crippen molar-refractivity contribution in [2.75, 3.05) is 18.7 Å². The Bertz CT molecular complexity index is 922. The van der Waals surface area contributed by atoms with Crippen molar-refractivity contribution in [1.29, 1.82) is 0 Å². The van der Waals surface area contributed by atoms with Gasteiger partial charge in [0.1, 0.15) is 12.0 Å². The van der Waals surface area contributed by atoms with Gasteiger partial charge in [-0.2, -0.15) is 0 Å². The van der Waals surface area contributed by atoms with Gasteiger partial charge < -0.3 is 4.84 Å². The SMILES string of the molecule is CCCON=c1cc(NOCCC)c2ccccc2c2ccccc12. The van der Waals surface area contributed by atoms with E-state index in [9.17, 15) is 0 Å². The molecule has 0 unspecified atom stereocenters. The molecule has 0 bridgehead atoms. The fraction of sp³-hybridized carbons (Fsp3) is 0.286. The third kappa shape index (κ3) is 3.91. The monoisotopic (exact) mass is 336 g/mol. The van der Waals surface area contributed by atoms with Crippen molar-refractivity contribution in [3.63, 3.8) is 0 Å². The predicted molar refractivity (Wildman–Crippen MR) is 103 cm³/mol. The Balaban J connectivity index is 2.30. The van der Waals surface area contributed by atoms with Crippen LogP contribution in [0.25, 0.3) is 21.5 Å². The van der Waals surface area contributed by atoms with Gasteiger partial charge in [0.25, 0.3) is 0 Å². The second-order valence-corrected chi connectivity index (χ2v) is 5.91. The molecule has 0 aliphatic carbocycles. The highest BCUT2D eigenvalue weighted by molar-refractivity contribution is 6.09. The largest absolute Gasteiger partial charge is 0.395 e. The molecule has 0 aromatic heterocycles. The number of rotatable bonds is 7. The Morgan fingerprint density at radius 2 is 1.40 bits per heavy atom. The number of hydrogen-bond donors (Lipinski definition) is 1. The first-order valence-electron chi connectivity index (χ1n) is 8.83. The molecule has 0 saturated carbocycles. The van der Waals surface area contributed by atoms with Crippen LogP contribution >= 0.6 is 0 Å². The third-order valence-corrected chi connectivity index (χ3v) is 3.94. The van der Waals surface area contributed by atoms with Gasteiger partial charge in [-0.1, -0.05) is 67.5 Å². The lowest BCUT2D eigenvalue weighted by Gasteiger charge is -2.06. The highest BCUT2D eigenvalue weighted by Gasteiger charge is 2.06. The Labute approximate surface area is 148 Å². The number of fused-ring (bicyclic) bond motifs is 3. The van der Waals surface area contributed by atoms with Crippen LogP contribution in [0.5, 0.6) is 0 Å². The number of anilines is 1. The molecule has 130 valence electrons. The second kappa shape index (κ2) is 8.49. The van der Waals surface area contributed by atoms with Crippen LogP contribution in [0.4, 0.5) is 5.69 Å². The van der Waals surface area contributed by atoms with E-state index in [1.165, 1.54) is 0 Å². The van der Waals surface area contributed by atoms with Gasteiger partial charge in [-0.3, -0.25) is 10.3 Å². The number of hydrogen-bond acceptors (Lipinski definition) is 4. The van der Waals surface area contributed by atoms with Crippen LogP contribution in [-0.4, -0.2) is 13.2 Å². The third-order valence-electron chi connectivity index (χ3n) is 3.94. The lowest BCUT2D eigenvalue weighted by Crippen LogP contribution is -2.06. The average molecular weight is 336 g/mol. The molecule has 4 nitrogen and oxygen atoms in total. The summed E-state index contributed by atoms with van der Waals surface area (Å²) >= 11 is 0. The van der Waals surface area contributed by atoms with Crippen LogP contribution in [0.2, 0.25) is 0 Å². The molecule has 4 heteroatoms. The van der Waals surface area contributed by atoms with E-state index in [1.54, 1.807) is 0 Å². The summed E-state index contributed by atoms with van der Waals surface area (Å²) < 4.78 is 0. The van der Waals surface area contributed by atoms with Gasteiger partial charge in [0, 0.05) is 10.8 Å². The Hall–Kier alpha value is -2.59. The van der Waals surface area contributed by atoms with Gasteiger partial charge in [-0.15, -0.1) is 0 Å². The first-order chi connectivity index (χ1) is 12.3. The molecule has 0 saturated heterocycles. The molecular weight excluding hydrogens is 312 g/mol. The van der Waals surface area contributed by atoms with Crippen LogP contribution in [0.3, 0.4) is 0 Å². The molecule has 3 aromatic rings. The molecule has 1 N–H and O–H groups in total. The minimum atomic E-state index is 0.599. The van der Waals surface area contributed by atoms with Crippen molar-refractivity contribution in [2.45, 2.75) is 26.7 Å². The number of nitrogens with zero attached hydrogens (tertiary/aromatic N) is 1. The quantitative estimate of drug-likeness (QED) is 0.488. The van der Waals surface area contributed by atoms with Crippen LogP contribution in [0, 0.1) is 0 Å². The van der Waals surface area contributed by atoms with Crippen LogP contribution in [0.15, 0.2) is 59.8 Å². The first-order valence-corrected chi connectivity index (χ1v) is 8.83. The Morgan fingerprint density at radius 1 is 0.800 bits per heavy atom. The summed E-state index contributed by atoms with van der Waals surface area (Å²) in [4.78, 5) is 11.1. The van der Waals surface area contributed by atoms with E-state index in [1.807, 2.05) is 24.3 Å². The fourth-order valence-electron chi connectivity index (χ4n) is 2.78. The molecule has 0 aliphatic rings. The molecule has 25 heavy (non-hydrogen) atoms. The molecular formula is C21H24N2O2. The second-order valence-electron chi connectivity index (χ2n) is 5.91. The van der Waals surface area contributed by atoms with Crippen LogP contribution in [0.1, 0.15) is 26.7 Å². The fourth-order valence-corrected chi connectivity index (χ4v) is 2.78. The van der Waals surface area contributed by atoms with Crippen molar-refractivity contribution in [3.05, 3.63) is 60.0 Å². The van der Waals surface area contributed by atoms with Crippen molar-refractivity contribution < 1.29 is 9.68 Å². The molecule has 0 aliphatic heterocycles. The van der Waals surface area contributed by atoms with E-state index < -0.39 is 0 Å². The summed E-state index contributed by atoms with van der Waals surface area (Å²) in [6.45, 7) is 5.39. The standard InChI is InChI=1S/C21H24N2O2/c1-3-13-24-22-20-15-21(23-25-14-4-2)19-12-8-6-10-17(19)16-9-5-7-11-18(16)20/h5-12,15,22H,3-4,13-14H2,1-2H3. The van der Waals surface area contributed by atoms with Gasteiger partial charge >= 0.3 is 0 Å². The minimum Gasteiger partial charge on any atom is -0.395 e. The van der Waals surface area contributed by atoms with Gasteiger partial charge in [0.2, 0.25) is 0 Å². The Kier molecular flexibility index (Phi) is 5.86. The molecule has 0 heterocycles. The molecule has 0 fully saturated rings. The van der Waals surface area contributed by atoms with Gasteiger partial charge in [-0.25, -0.2) is 0 Å². The van der Waals surface area contributed by atoms with Crippen molar-refractivity contribution >= 4 is 27.2 Å². The zero-order valence-electron chi connectivity index (χ0n) is 14.8. The lowest BCUT2D eigenvalue weighted by atomic mass is 10.1. The van der Waals surface area contributed by atoms with E-state index in [4.69, 9.17) is 9.68 Å². The van der Waals surface area contributed by atoms with E-state index in [0.29, 0.717) is 13.2 Å². The summed E-state index contributed by atoms with van der Waals surface area (Å²) in [5, 5.41) is 9.61. The van der Waals surface area contributed by atoms with E-state index in [2.05, 4.69) is 54.8 Å². The maximum absolute atomic E-state index is 5.59. The van der Waals surface area contributed by atoms with Gasteiger partial charge in [-0.05, 0) is 29.7 Å². The van der Waals surface area contributed by atoms with Gasteiger partial charge in [0.15, 0.2) is 0 Å². The van der Waals surface area contributed by atoms with Crippen LogP contribution in [-0.2, 0) is 9.68 Å². The predicted octanol–water partition coefficient (Wildman–Crippen LogP) is 4.99. The topological polar surface area (TPSA) is 42.8 Å². The lowest BCUT2D eigenvalue weighted by molar-refractivity contribution is 0.135. The molecule has 0 amide bonds. The maximum atomic E-state index is 5.59. The number of nitrogens with one attached hydrogen (secondary N) is 1. The van der Waals surface area contributed by atoms with E-state index in [0.717, 1.165) is 45.4 Å². The van der Waals surface area contributed by atoms with Crippen molar-refractivity contribution in [3.8, 4) is 0 Å². The van der Waals surface area contributed by atoms with Gasteiger partial charge in [0.05, 0.1) is 12.3 Å². The summed E-state index contributed by atoms with van der Waals surface area (Å²) in [5.74, 6) is 0. The summed E-state index contributed by atoms with van der Waals surface area (Å²) in [5.41, 5.74) is 3.99. The minimum absolute atomic E-state index is 0.599. The first kappa shape index (κ1) is 17.2. The zero-order chi connectivity index (χ0) is 17.5. The molecule has 3 aromatic carbocycles. The summed E-state index contributed by atoms with van der Waals surface area (Å²) in [7, 11) is 0. The smallest absolute Gasteiger partial charge is 0.116 e. The van der Waals surface area contributed by atoms with E-state index in [-0.39, 0.29) is 0 Å². The molecule has 0 spiro atoms. The molecule has 3 rings (SSSR count). The normalized spacial score (nSPS) is 11.8. The number of benzene rings is 2. The van der Waals surface area contributed by atoms with Crippen molar-refractivity contribution in [1.82, 2.24) is 0 Å². The zero-order valence-corrected chi connectivity index (χ0v) is 14.8. The summed E-state index contributed by atoms with van der Waals surface area (Å²) in [6, 6.07) is 18.6. The Morgan fingerprint density at radius 3 is 2.08 bits per heavy atom. The molecule has 0 radical (unpaired) electrons. The van der Waals surface area contributed by atoms with E-state index >= 15 is 0 Å². The maximum Gasteiger partial charge on any atom is 0.116 e. The average Bonchev–Trinajstić information content (AvgIpc) is 2.78. The van der Waals surface area contributed by atoms with Crippen molar-refractivity contribution in [2.24, 2.45) is 5.16 Å². The van der Waals surface area contributed by atoms with Crippen LogP contribution < -0.4 is 10.8 Å². The highest BCUT2D eigenvalue weighted by Crippen LogP contribution is 2.27. The highest BCUT2D eigenvalue weighted by atomic mass is 16.6. The molecule has 0 atom stereocenters.